The van der Waals surface area contributed by atoms with Crippen LogP contribution in [0.15, 0.2) is 99.5 Å². The second-order valence-electron chi connectivity index (χ2n) is 9.73. The number of carbonyl (C=O) groups excluding carboxylic acids is 1. The molecule has 0 aliphatic carbocycles. The van der Waals surface area contributed by atoms with Crippen molar-refractivity contribution in [2.24, 2.45) is 0 Å². The lowest BCUT2D eigenvalue weighted by molar-refractivity contribution is -0.832. The van der Waals surface area contributed by atoms with Gasteiger partial charge in [0.25, 0.3) is 9.84 Å². The van der Waals surface area contributed by atoms with Crippen molar-refractivity contribution in [2.45, 2.75) is 22.8 Å². The number of rotatable bonds is 11. The van der Waals surface area contributed by atoms with E-state index in [4.69, 9.17) is 14.2 Å². The molecule has 0 spiro atoms. The van der Waals surface area contributed by atoms with Crippen LogP contribution in [0.4, 0.5) is 0 Å². The van der Waals surface area contributed by atoms with E-state index in [1.807, 2.05) is 48.5 Å². The van der Waals surface area contributed by atoms with Crippen molar-refractivity contribution < 1.29 is 37.0 Å². The summed E-state index contributed by atoms with van der Waals surface area (Å²) in [6, 6.07) is 24.3. The number of esters is 1. The van der Waals surface area contributed by atoms with Crippen LogP contribution in [0.1, 0.15) is 23.3 Å². The van der Waals surface area contributed by atoms with Crippen LogP contribution in [0, 0.1) is 5.21 Å². The second kappa shape index (κ2) is 12.1. The highest BCUT2D eigenvalue weighted by molar-refractivity contribution is 7.91. The van der Waals surface area contributed by atoms with Crippen LogP contribution in [0.25, 0.3) is 33.1 Å². The fourth-order valence-electron chi connectivity index (χ4n) is 4.76. The summed E-state index contributed by atoms with van der Waals surface area (Å²) < 4.78 is 46.5. The summed E-state index contributed by atoms with van der Waals surface area (Å²) >= 11 is 0. The number of benzene rings is 3. The number of hydrogen-bond donors (Lipinski definition) is 1. The maximum atomic E-state index is 13.1. The lowest BCUT2D eigenvalue weighted by Crippen LogP contribution is -2.31. The van der Waals surface area contributed by atoms with Gasteiger partial charge in [-0.15, -0.1) is 0 Å². The monoisotopic (exact) mass is 614 g/mol. The van der Waals surface area contributed by atoms with E-state index in [9.17, 15) is 18.4 Å². The van der Waals surface area contributed by atoms with Crippen LogP contribution >= 0.6 is 0 Å². The minimum Gasteiger partial charge on any atom is -0.497 e. The van der Waals surface area contributed by atoms with Crippen LogP contribution in [-0.4, -0.2) is 49.8 Å². The zero-order valence-corrected chi connectivity index (χ0v) is 24.2. The molecule has 0 bridgehead atoms. The van der Waals surface area contributed by atoms with Gasteiger partial charge >= 0.3 is 16.9 Å². The Morgan fingerprint density at radius 2 is 1.68 bits per heavy atom. The third kappa shape index (κ3) is 5.52. The van der Waals surface area contributed by atoms with E-state index < -0.39 is 26.7 Å². The number of sulfone groups is 1. The Hall–Kier alpha value is -5.43. The maximum Gasteiger partial charge on any atom is 0.414 e. The van der Waals surface area contributed by atoms with Gasteiger partial charge in [0.1, 0.15) is 11.4 Å². The summed E-state index contributed by atoms with van der Waals surface area (Å²) in [4.78, 5) is 20.9. The van der Waals surface area contributed by atoms with E-state index >= 15 is 0 Å². The first kappa shape index (κ1) is 28.7. The lowest BCUT2D eigenvalue weighted by atomic mass is 10.1. The van der Waals surface area contributed by atoms with Crippen LogP contribution in [0.2, 0.25) is 0 Å². The van der Waals surface area contributed by atoms with Gasteiger partial charge in [0.15, 0.2) is 0 Å². The molecule has 3 heterocycles. The van der Waals surface area contributed by atoms with Gasteiger partial charge in [-0.2, -0.15) is 0 Å². The number of aromatic nitrogens is 4. The summed E-state index contributed by atoms with van der Waals surface area (Å²) in [5.74, 6) is -0.331. The molecule has 3 aromatic heterocycles. The number of nitrogens with one attached hydrogen (secondary N) is 1. The number of carbonyl (C=O) groups is 1. The van der Waals surface area contributed by atoms with Crippen molar-refractivity contribution in [1.29, 1.82) is 0 Å². The molecule has 1 N–H and O–H groups in total. The number of para-hydroxylation sites is 1. The number of nitrogens with zero attached hydrogens (tertiary/aromatic N) is 3. The Labute approximate surface area is 251 Å². The zero-order chi connectivity index (χ0) is 30.7. The van der Waals surface area contributed by atoms with Gasteiger partial charge in [-0.3, -0.25) is 4.63 Å². The molecule has 13 heteroatoms. The van der Waals surface area contributed by atoms with Gasteiger partial charge in [0.05, 0.1) is 41.6 Å². The van der Waals surface area contributed by atoms with Gasteiger partial charge in [-0.05, 0) is 66.3 Å². The number of pyridine rings is 1. The van der Waals surface area contributed by atoms with Gasteiger partial charge < -0.3 is 24.4 Å². The number of unbranched alkanes of at least 4 members (excludes halogenated alkanes) is 1. The molecule has 6 aromatic rings. The topological polar surface area (TPSA) is 161 Å². The standard InChI is InChI=1S/C31H26N4O8S/c1-40-21-15-13-20(14-16-21)27-28-24(23-11-5-6-12-25(23)32-28)19-26(33-27)31(36)42-18-8-7-17-41-29-30(35(37)43-34-29)44(38,39)22-9-3-2-4-10-22/h2-6,9-16,19,32H,7-8,17-18H2,1H3. The summed E-state index contributed by atoms with van der Waals surface area (Å²) in [7, 11) is -2.62. The van der Waals surface area contributed by atoms with Crippen LogP contribution < -0.4 is 14.4 Å². The zero-order valence-electron chi connectivity index (χ0n) is 23.4. The van der Waals surface area contributed by atoms with Gasteiger partial charge in [0, 0.05) is 21.9 Å². The van der Waals surface area contributed by atoms with Crippen molar-refractivity contribution >= 4 is 37.6 Å². The average molecular weight is 615 g/mol. The van der Waals surface area contributed by atoms with Crippen molar-refractivity contribution in [3.63, 3.8) is 0 Å². The van der Waals surface area contributed by atoms with E-state index in [1.54, 1.807) is 19.2 Å². The average Bonchev–Trinajstić information content (AvgIpc) is 3.63. The second-order valence-corrected chi connectivity index (χ2v) is 11.6. The molecule has 0 saturated carbocycles. The summed E-state index contributed by atoms with van der Waals surface area (Å²) in [6.07, 6.45) is 0.762. The molecule has 0 saturated heterocycles. The Bertz CT molecular complexity index is 2060. The van der Waals surface area contributed by atoms with Crippen molar-refractivity contribution in [3.05, 3.63) is 95.8 Å². The molecular weight excluding hydrogens is 588 g/mol. The summed E-state index contributed by atoms with van der Waals surface area (Å²) in [6.45, 7) is 0.0613. The Morgan fingerprint density at radius 3 is 2.45 bits per heavy atom. The number of methoxy groups -OCH3 is 1. The quantitative estimate of drug-likeness (QED) is 0.121. The fourth-order valence-corrected chi connectivity index (χ4v) is 6.05. The predicted octanol–water partition coefficient (Wildman–Crippen LogP) is 4.86. The molecular formula is C31H26N4O8S. The first-order chi connectivity index (χ1) is 21.4. The third-order valence-electron chi connectivity index (χ3n) is 6.93. The molecule has 44 heavy (non-hydrogen) atoms. The Balaban J connectivity index is 1.12. The number of H-pyrrole nitrogens is 1. The van der Waals surface area contributed by atoms with E-state index in [0.29, 0.717) is 24.3 Å². The summed E-state index contributed by atoms with van der Waals surface area (Å²) in [5.41, 5.74) is 3.27. The number of hydrogen-bond acceptors (Lipinski definition) is 10. The maximum absolute atomic E-state index is 13.1. The van der Waals surface area contributed by atoms with Gasteiger partial charge in [0.2, 0.25) is 0 Å². The molecule has 224 valence electrons. The molecule has 3 aromatic carbocycles. The molecule has 0 aliphatic heterocycles. The third-order valence-corrected chi connectivity index (χ3v) is 8.66. The van der Waals surface area contributed by atoms with Crippen molar-refractivity contribution in [3.8, 4) is 22.9 Å². The first-order valence-electron chi connectivity index (χ1n) is 13.6. The van der Waals surface area contributed by atoms with Crippen molar-refractivity contribution in [2.75, 3.05) is 20.3 Å². The molecule has 0 fully saturated rings. The van der Waals surface area contributed by atoms with Crippen LogP contribution in [0.5, 0.6) is 11.6 Å². The summed E-state index contributed by atoms with van der Waals surface area (Å²) in [5, 5.41) is 16.5. The van der Waals surface area contributed by atoms with Gasteiger partial charge in [-0.1, -0.05) is 36.4 Å². The molecule has 6 rings (SSSR count). The lowest BCUT2D eigenvalue weighted by Gasteiger charge is -2.09. The highest BCUT2D eigenvalue weighted by Crippen LogP contribution is 2.33. The molecule has 0 aliphatic rings. The Kier molecular flexibility index (Phi) is 7.85. The first-order valence-corrected chi connectivity index (χ1v) is 15.1. The molecule has 12 nitrogen and oxygen atoms in total. The number of ether oxygens (including phenoxy) is 3. The Morgan fingerprint density at radius 1 is 0.955 bits per heavy atom. The van der Waals surface area contributed by atoms with E-state index in [2.05, 4.69) is 19.8 Å². The molecule has 0 amide bonds. The fraction of sp³-hybridized carbons (Fsp3) is 0.161. The molecule has 0 radical (unpaired) electrons. The number of aromatic amines is 1. The number of fused-ring (bicyclic) bond motifs is 3. The minimum absolute atomic E-state index is 0.00254. The molecule has 0 atom stereocenters. The van der Waals surface area contributed by atoms with E-state index in [-0.39, 0.29) is 28.7 Å². The minimum atomic E-state index is -4.21. The van der Waals surface area contributed by atoms with Crippen molar-refractivity contribution in [1.82, 2.24) is 15.1 Å². The van der Waals surface area contributed by atoms with E-state index in [1.165, 1.54) is 24.3 Å². The molecule has 0 unspecified atom stereocenters. The van der Waals surface area contributed by atoms with Gasteiger partial charge in [-0.25, -0.2) is 18.2 Å². The highest BCUT2D eigenvalue weighted by Gasteiger charge is 2.35. The normalized spacial score (nSPS) is 11.6. The SMILES string of the molecule is COc1ccc(-c2nc(C(=O)OCCCCOc3no[n+]([O-])c3S(=O)(=O)c3ccccc3)cc3c2[nH]c2ccccc23)cc1. The van der Waals surface area contributed by atoms with E-state index in [0.717, 1.165) is 27.4 Å². The predicted molar refractivity (Wildman–Crippen MR) is 158 cm³/mol. The van der Waals surface area contributed by atoms with Crippen LogP contribution in [0.3, 0.4) is 0 Å². The largest absolute Gasteiger partial charge is 0.497 e. The highest BCUT2D eigenvalue weighted by atomic mass is 32.2. The van der Waals surface area contributed by atoms with Crippen LogP contribution in [-0.2, 0) is 14.6 Å². The smallest absolute Gasteiger partial charge is 0.414 e.